The van der Waals surface area contributed by atoms with Gasteiger partial charge in [0.05, 0.1) is 37.4 Å². The largest absolute Gasteiger partial charge is 0.495 e. The molecule has 2 aliphatic rings. The van der Waals surface area contributed by atoms with Gasteiger partial charge in [0.1, 0.15) is 35.0 Å². The van der Waals surface area contributed by atoms with Crippen molar-refractivity contribution in [1.29, 1.82) is 0 Å². The Morgan fingerprint density at radius 1 is 1.25 bits per heavy atom. The van der Waals surface area contributed by atoms with E-state index >= 15 is 0 Å². The summed E-state index contributed by atoms with van der Waals surface area (Å²) in [6.45, 7) is 0.608. The van der Waals surface area contributed by atoms with Gasteiger partial charge in [0.15, 0.2) is 5.84 Å². The van der Waals surface area contributed by atoms with Gasteiger partial charge in [-0.15, -0.1) is 0 Å². The lowest BCUT2D eigenvalue weighted by Gasteiger charge is -2.29. The molecule has 0 bridgehead atoms. The predicted molar refractivity (Wildman–Crippen MR) is 139 cm³/mol. The summed E-state index contributed by atoms with van der Waals surface area (Å²) in [5.74, 6) is 7.97. The molecule has 4 N–H and O–H groups in total. The lowest BCUT2D eigenvalue weighted by atomic mass is 10.1. The van der Waals surface area contributed by atoms with Crippen LogP contribution in [0, 0.1) is 11.8 Å². The van der Waals surface area contributed by atoms with Gasteiger partial charge in [0, 0.05) is 12.5 Å². The van der Waals surface area contributed by atoms with Gasteiger partial charge in [-0.1, -0.05) is 18.1 Å². The summed E-state index contributed by atoms with van der Waals surface area (Å²) in [5, 5.41) is 11.4. The Hall–Kier alpha value is -4.82. The summed E-state index contributed by atoms with van der Waals surface area (Å²) < 4.78 is 11.4. The van der Waals surface area contributed by atoms with Gasteiger partial charge in [0.2, 0.25) is 0 Å². The van der Waals surface area contributed by atoms with Crippen molar-refractivity contribution in [3.05, 3.63) is 66.0 Å². The van der Waals surface area contributed by atoms with Crippen molar-refractivity contribution in [2.75, 3.05) is 38.4 Å². The minimum Gasteiger partial charge on any atom is -0.495 e. The molecule has 2 amide bonds. The van der Waals surface area contributed by atoms with E-state index in [4.69, 9.17) is 15.2 Å². The Morgan fingerprint density at radius 3 is 2.89 bits per heavy atom. The van der Waals surface area contributed by atoms with Crippen molar-refractivity contribution >= 4 is 29.6 Å². The first-order valence-electron chi connectivity index (χ1n) is 11.0. The van der Waals surface area contributed by atoms with Crippen LogP contribution in [0.2, 0.25) is 0 Å². The number of carbonyl (C=O) groups is 1. The molecule has 1 aromatic heterocycles. The van der Waals surface area contributed by atoms with Crippen molar-refractivity contribution in [3.8, 4) is 23.3 Å². The molecule has 0 saturated carbocycles. The van der Waals surface area contributed by atoms with E-state index in [9.17, 15) is 4.79 Å². The number of nitrogens with one attached hydrogen (secondary N) is 2. The van der Waals surface area contributed by atoms with Crippen LogP contribution < -0.4 is 25.8 Å². The Morgan fingerprint density at radius 2 is 2.08 bits per heavy atom. The molecule has 0 radical (unpaired) electrons. The highest BCUT2D eigenvalue weighted by atomic mass is 16.5. The van der Waals surface area contributed by atoms with E-state index in [1.165, 1.54) is 25.8 Å². The molecule has 11 nitrogen and oxygen atoms in total. The van der Waals surface area contributed by atoms with Crippen LogP contribution in [0.25, 0.3) is 0 Å². The number of fused-ring (bicyclic) bond motifs is 1. The van der Waals surface area contributed by atoms with E-state index in [0.29, 0.717) is 53.0 Å². The van der Waals surface area contributed by atoms with Crippen molar-refractivity contribution in [2.24, 2.45) is 15.8 Å². The maximum Gasteiger partial charge on any atom is 0.323 e. The summed E-state index contributed by atoms with van der Waals surface area (Å²) in [7, 11) is 5.43. The van der Waals surface area contributed by atoms with Crippen molar-refractivity contribution in [1.82, 2.24) is 14.9 Å². The van der Waals surface area contributed by atoms with Gasteiger partial charge in [-0.3, -0.25) is 9.88 Å². The number of carbonyl (C=O) groups excluding carboxylic acids is 1. The maximum atomic E-state index is 12.5. The number of anilines is 2. The molecule has 36 heavy (non-hydrogen) atoms. The van der Waals surface area contributed by atoms with E-state index in [2.05, 4.69) is 37.6 Å². The molecule has 11 heteroatoms. The molecule has 4 rings (SSSR count). The second-order valence-electron chi connectivity index (χ2n) is 7.95. The van der Waals surface area contributed by atoms with E-state index in [1.807, 2.05) is 31.1 Å². The molecule has 1 aromatic carbocycles. The third-order valence-electron chi connectivity index (χ3n) is 4.97. The van der Waals surface area contributed by atoms with Gasteiger partial charge in [-0.05, 0) is 38.2 Å². The minimum atomic E-state index is -0.453. The van der Waals surface area contributed by atoms with Crippen LogP contribution in [0.5, 0.6) is 11.5 Å². The van der Waals surface area contributed by atoms with Crippen molar-refractivity contribution in [3.63, 3.8) is 0 Å². The third kappa shape index (κ3) is 5.81. The number of rotatable bonds is 6. The average Bonchev–Trinajstić information content (AvgIpc) is 2.85. The zero-order valence-electron chi connectivity index (χ0n) is 20.1. The fraction of sp³-hybridized carbons (Fsp3) is 0.200. The van der Waals surface area contributed by atoms with Crippen molar-refractivity contribution in [2.45, 2.75) is 6.42 Å². The number of aliphatic imine (C=N–C) groups is 1. The van der Waals surface area contributed by atoms with Crippen LogP contribution in [0.3, 0.4) is 0 Å². The third-order valence-corrected chi connectivity index (χ3v) is 4.97. The second-order valence-corrected chi connectivity index (χ2v) is 7.95. The number of methoxy groups -OCH3 is 1. The van der Waals surface area contributed by atoms with Crippen LogP contribution in [0.4, 0.5) is 16.2 Å². The zero-order valence-corrected chi connectivity index (χ0v) is 20.1. The maximum absolute atomic E-state index is 12.5. The molecule has 0 unspecified atom stereocenters. The lowest BCUT2D eigenvalue weighted by Crippen LogP contribution is -2.34. The lowest BCUT2D eigenvalue weighted by molar-refractivity contribution is 0.262. The number of hydrogen-bond acceptors (Lipinski definition) is 9. The number of hydrogen-bond donors (Lipinski definition) is 3. The minimum absolute atomic E-state index is 0.262. The second kappa shape index (κ2) is 11.1. The van der Waals surface area contributed by atoms with Gasteiger partial charge in [-0.25, -0.2) is 14.8 Å². The Bertz CT molecular complexity index is 1330. The summed E-state index contributed by atoms with van der Waals surface area (Å²) in [6.07, 6.45) is 6.76. The Balaban J connectivity index is 1.49. The molecular formula is C25H26N8O3. The number of allylic oxidation sites excluding steroid dienone is 2. The highest BCUT2D eigenvalue weighted by Crippen LogP contribution is 2.30. The van der Waals surface area contributed by atoms with Crippen LogP contribution in [0.1, 0.15) is 6.42 Å². The van der Waals surface area contributed by atoms with E-state index in [-0.39, 0.29) is 5.84 Å². The number of pyridine rings is 1. The number of aromatic nitrogens is 1. The number of nitrogens with two attached hydrogens (primary N) is 1. The van der Waals surface area contributed by atoms with Crippen LogP contribution in [0.15, 0.2) is 76.0 Å². The Kier molecular flexibility index (Phi) is 7.48. The number of ether oxygens (including phenoxy) is 2. The fourth-order valence-corrected chi connectivity index (χ4v) is 3.38. The summed E-state index contributed by atoms with van der Waals surface area (Å²) in [4.78, 5) is 22.8. The molecule has 0 spiro atoms. The number of nitrogens with zero attached hydrogens (tertiary/aromatic N) is 5. The monoisotopic (exact) mass is 486 g/mol. The SMILES string of the molecule is COc1ccccc1NC(=O)Nc1cncc(OC2=C3C(N)=NC=NN3C(C#CCN(C)C)=CC2)c1. The standard InChI is InChI=1S/C25H26N8O3/c1-32(2)12-6-7-18-10-11-22(23-24(26)28-16-29-33(18)23)36-19-13-17(14-27-15-19)30-25(34)31-20-8-4-5-9-21(20)35-3/h4-5,8-10,13-16H,11-12H2,1-3H3,(H2,26,28,29)(H2,30,31,34). The quantitative estimate of drug-likeness (QED) is 0.536. The molecule has 0 atom stereocenters. The van der Waals surface area contributed by atoms with E-state index in [1.54, 1.807) is 29.3 Å². The molecule has 0 saturated heterocycles. The molecular weight excluding hydrogens is 460 g/mol. The number of para-hydroxylation sites is 2. The van der Waals surface area contributed by atoms with Gasteiger partial charge in [-0.2, -0.15) is 5.10 Å². The summed E-state index contributed by atoms with van der Waals surface area (Å²) in [6, 6.07) is 8.32. The number of amidine groups is 1. The Labute approximate surface area is 209 Å². The first-order valence-corrected chi connectivity index (χ1v) is 11.0. The first kappa shape index (κ1) is 24.3. The fourth-order valence-electron chi connectivity index (χ4n) is 3.38. The average molecular weight is 487 g/mol. The van der Waals surface area contributed by atoms with Crippen LogP contribution in [-0.2, 0) is 0 Å². The topological polar surface area (TPSA) is 130 Å². The smallest absolute Gasteiger partial charge is 0.323 e. The molecule has 0 aliphatic carbocycles. The zero-order chi connectivity index (χ0) is 25.5. The number of hydrazone groups is 1. The van der Waals surface area contributed by atoms with E-state index < -0.39 is 6.03 Å². The first-order chi connectivity index (χ1) is 17.4. The number of urea groups is 1. The summed E-state index contributed by atoms with van der Waals surface area (Å²) >= 11 is 0. The van der Waals surface area contributed by atoms with Gasteiger partial charge >= 0.3 is 6.03 Å². The molecule has 184 valence electrons. The van der Waals surface area contributed by atoms with Crippen molar-refractivity contribution < 1.29 is 14.3 Å². The normalized spacial score (nSPS) is 14.3. The highest BCUT2D eigenvalue weighted by Gasteiger charge is 2.28. The number of amides is 2. The highest BCUT2D eigenvalue weighted by molar-refractivity contribution is 6.03. The van der Waals surface area contributed by atoms with Gasteiger partial charge in [0.25, 0.3) is 0 Å². The molecule has 2 aromatic rings. The van der Waals surface area contributed by atoms with Crippen LogP contribution in [-0.4, -0.2) is 60.8 Å². The molecule has 0 fully saturated rings. The number of benzene rings is 1. The molecule has 3 heterocycles. The molecule has 2 aliphatic heterocycles. The predicted octanol–water partition coefficient (Wildman–Crippen LogP) is 2.79. The van der Waals surface area contributed by atoms with Crippen LogP contribution >= 0.6 is 0 Å². The van der Waals surface area contributed by atoms with E-state index in [0.717, 1.165) is 0 Å². The van der Waals surface area contributed by atoms with Gasteiger partial charge < -0.3 is 25.8 Å². The summed E-state index contributed by atoms with van der Waals surface area (Å²) in [5.41, 5.74) is 8.35.